The van der Waals surface area contributed by atoms with Crippen LogP contribution in [0.4, 0.5) is 0 Å². The summed E-state index contributed by atoms with van der Waals surface area (Å²) < 4.78 is 8.16. The second kappa shape index (κ2) is 5.81. The van der Waals surface area contributed by atoms with Gasteiger partial charge in [0.25, 0.3) is 11.1 Å². The normalized spacial score (nSPS) is 15.1. The molecule has 1 aliphatic rings. The first-order valence-electron chi connectivity index (χ1n) is 7.93. The van der Waals surface area contributed by atoms with Gasteiger partial charge in [0.1, 0.15) is 4.70 Å². The van der Waals surface area contributed by atoms with Crippen molar-refractivity contribution in [3.63, 3.8) is 0 Å². The number of thiophene rings is 1. The number of fused-ring (bicyclic) bond motifs is 3. The van der Waals surface area contributed by atoms with Crippen LogP contribution in [0.2, 0.25) is 0 Å². The van der Waals surface area contributed by atoms with Gasteiger partial charge in [-0.15, -0.1) is 11.3 Å². The maximum absolute atomic E-state index is 13.0. The molecular weight excluding hydrogens is 308 g/mol. The molecule has 2 aromatic heterocycles. The van der Waals surface area contributed by atoms with Gasteiger partial charge in [0.05, 0.1) is 11.9 Å². The SMILES string of the molecule is CN=c1on(Cc2ccccc2)c(=O)c2c3c(sc12)CCCC3. The predicted molar refractivity (Wildman–Crippen MR) is 92.0 cm³/mol. The number of aryl methyl sites for hydroxylation is 2. The molecule has 1 aliphatic carbocycles. The van der Waals surface area contributed by atoms with E-state index in [2.05, 4.69) is 4.99 Å². The van der Waals surface area contributed by atoms with Crippen molar-refractivity contribution in [1.82, 2.24) is 4.74 Å². The summed E-state index contributed by atoms with van der Waals surface area (Å²) in [6.45, 7) is 0.433. The fourth-order valence-electron chi connectivity index (χ4n) is 3.25. The van der Waals surface area contributed by atoms with Gasteiger partial charge in [-0.25, -0.2) is 0 Å². The zero-order valence-corrected chi connectivity index (χ0v) is 13.9. The van der Waals surface area contributed by atoms with Gasteiger partial charge in [-0.2, -0.15) is 4.74 Å². The molecule has 0 fully saturated rings. The molecule has 0 unspecified atom stereocenters. The summed E-state index contributed by atoms with van der Waals surface area (Å²) in [5.41, 5.74) is 2.80. The molecule has 118 valence electrons. The number of rotatable bonds is 2. The summed E-state index contributed by atoms with van der Waals surface area (Å²) >= 11 is 1.68. The van der Waals surface area contributed by atoms with E-state index in [1.54, 1.807) is 18.4 Å². The van der Waals surface area contributed by atoms with Crippen LogP contribution < -0.4 is 11.1 Å². The largest absolute Gasteiger partial charge is 0.355 e. The monoisotopic (exact) mass is 326 g/mol. The van der Waals surface area contributed by atoms with Crippen LogP contribution in [-0.2, 0) is 19.4 Å². The van der Waals surface area contributed by atoms with Crippen LogP contribution in [0, 0.1) is 0 Å². The fraction of sp³-hybridized carbons (Fsp3) is 0.333. The Labute approximate surface area is 137 Å². The second-order valence-electron chi connectivity index (χ2n) is 5.86. The van der Waals surface area contributed by atoms with Crippen molar-refractivity contribution in [3.8, 4) is 0 Å². The number of aromatic nitrogens is 1. The van der Waals surface area contributed by atoms with E-state index in [1.165, 1.54) is 21.6 Å². The van der Waals surface area contributed by atoms with E-state index in [-0.39, 0.29) is 5.56 Å². The Bertz CT molecular complexity index is 980. The molecule has 23 heavy (non-hydrogen) atoms. The Hall–Kier alpha value is -2.14. The van der Waals surface area contributed by atoms with E-state index in [0.717, 1.165) is 34.9 Å². The van der Waals surface area contributed by atoms with Crippen molar-refractivity contribution >= 4 is 21.4 Å². The molecule has 4 nitrogen and oxygen atoms in total. The first-order chi connectivity index (χ1) is 11.3. The van der Waals surface area contributed by atoms with Gasteiger partial charge >= 0.3 is 0 Å². The molecule has 0 aliphatic heterocycles. The third kappa shape index (κ3) is 2.45. The molecule has 0 amide bonds. The van der Waals surface area contributed by atoms with Gasteiger partial charge in [-0.3, -0.25) is 9.79 Å². The van der Waals surface area contributed by atoms with Gasteiger partial charge in [0.15, 0.2) is 0 Å². The van der Waals surface area contributed by atoms with Crippen LogP contribution in [-0.4, -0.2) is 11.8 Å². The molecule has 1 aromatic carbocycles. The highest BCUT2D eigenvalue weighted by atomic mass is 32.1. The molecule has 0 saturated heterocycles. The molecule has 0 radical (unpaired) electrons. The van der Waals surface area contributed by atoms with E-state index >= 15 is 0 Å². The lowest BCUT2D eigenvalue weighted by Gasteiger charge is -2.10. The minimum Gasteiger partial charge on any atom is -0.355 e. The maximum atomic E-state index is 13.0. The van der Waals surface area contributed by atoms with Crippen LogP contribution in [0.3, 0.4) is 0 Å². The van der Waals surface area contributed by atoms with Crippen LogP contribution >= 0.6 is 11.3 Å². The third-order valence-electron chi connectivity index (χ3n) is 4.37. The summed E-state index contributed by atoms with van der Waals surface area (Å²) in [5, 5.41) is 0.826. The topological polar surface area (TPSA) is 47.5 Å². The Balaban J connectivity index is 1.96. The van der Waals surface area contributed by atoms with E-state index in [1.807, 2.05) is 30.3 Å². The average Bonchev–Trinajstić information content (AvgIpc) is 2.98. The summed E-state index contributed by atoms with van der Waals surface area (Å²) in [5.74, 6) is 0. The molecular formula is C18H18N2O2S. The number of hydrogen-bond donors (Lipinski definition) is 0. The van der Waals surface area contributed by atoms with Crippen LogP contribution in [0.1, 0.15) is 28.8 Å². The highest BCUT2D eigenvalue weighted by Crippen LogP contribution is 2.33. The fourth-order valence-corrected chi connectivity index (χ4v) is 4.60. The zero-order valence-electron chi connectivity index (χ0n) is 13.0. The lowest BCUT2D eigenvalue weighted by atomic mass is 9.97. The predicted octanol–water partition coefficient (Wildman–Crippen LogP) is 3.11. The Kier molecular flexibility index (Phi) is 3.65. The van der Waals surface area contributed by atoms with Crippen molar-refractivity contribution in [2.24, 2.45) is 4.99 Å². The lowest BCUT2D eigenvalue weighted by Crippen LogP contribution is -2.26. The molecule has 5 heteroatoms. The molecule has 0 spiro atoms. The van der Waals surface area contributed by atoms with Crippen molar-refractivity contribution in [1.29, 1.82) is 0 Å². The number of nitrogens with zero attached hydrogens (tertiary/aromatic N) is 2. The Morgan fingerprint density at radius 2 is 2.00 bits per heavy atom. The van der Waals surface area contributed by atoms with Crippen molar-refractivity contribution in [2.45, 2.75) is 32.2 Å². The maximum Gasteiger partial charge on any atom is 0.288 e. The highest BCUT2D eigenvalue weighted by Gasteiger charge is 2.21. The molecule has 0 N–H and O–H groups in total. The Morgan fingerprint density at radius 3 is 2.78 bits per heavy atom. The van der Waals surface area contributed by atoms with E-state index in [9.17, 15) is 4.79 Å². The second-order valence-corrected chi connectivity index (χ2v) is 6.97. The van der Waals surface area contributed by atoms with Crippen molar-refractivity contribution in [2.75, 3.05) is 7.05 Å². The third-order valence-corrected chi connectivity index (χ3v) is 5.65. The first kappa shape index (κ1) is 14.5. The number of benzene rings is 1. The first-order valence-corrected chi connectivity index (χ1v) is 8.75. The summed E-state index contributed by atoms with van der Waals surface area (Å²) in [7, 11) is 1.72. The van der Waals surface area contributed by atoms with E-state index < -0.39 is 0 Å². The van der Waals surface area contributed by atoms with Gasteiger partial charge in [-0.1, -0.05) is 30.3 Å². The minimum absolute atomic E-state index is 0.0318. The average molecular weight is 326 g/mol. The zero-order chi connectivity index (χ0) is 15.8. The van der Waals surface area contributed by atoms with Crippen LogP contribution in [0.25, 0.3) is 10.1 Å². The molecule has 2 heterocycles. The highest BCUT2D eigenvalue weighted by molar-refractivity contribution is 7.19. The molecule has 0 atom stereocenters. The summed E-state index contributed by atoms with van der Waals surface area (Å²) in [6, 6.07) is 9.90. The van der Waals surface area contributed by atoms with Gasteiger partial charge in [-0.05, 0) is 36.8 Å². The standard InChI is InChI=1S/C18H18N2O2S/c1-19-17-16-15(13-9-5-6-10-14(13)23-16)18(21)20(22-17)11-12-7-3-2-4-8-12/h2-4,7-8H,5-6,9-11H2,1H3. The van der Waals surface area contributed by atoms with Gasteiger partial charge in [0.2, 0.25) is 0 Å². The quantitative estimate of drug-likeness (QED) is 0.726. The Morgan fingerprint density at radius 1 is 1.22 bits per heavy atom. The van der Waals surface area contributed by atoms with Crippen LogP contribution in [0.5, 0.6) is 0 Å². The van der Waals surface area contributed by atoms with Crippen molar-refractivity contribution < 1.29 is 4.52 Å². The molecule has 3 aromatic rings. The van der Waals surface area contributed by atoms with Crippen molar-refractivity contribution in [3.05, 3.63) is 62.2 Å². The van der Waals surface area contributed by atoms with Gasteiger partial charge < -0.3 is 4.52 Å². The van der Waals surface area contributed by atoms with Crippen LogP contribution in [0.15, 0.2) is 44.6 Å². The minimum atomic E-state index is -0.0318. The van der Waals surface area contributed by atoms with E-state index in [0.29, 0.717) is 12.1 Å². The molecule has 4 rings (SSSR count). The molecule has 0 saturated carbocycles. The lowest BCUT2D eigenvalue weighted by molar-refractivity contribution is 0.237. The molecule has 0 bridgehead atoms. The number of hydrogen-bond acceptors (Lipinski definition) is 4. The summed E-state index contributed by atoms with van der Waals surface area (Å²) in [4.78, 5) is 18.6. The van der Waals surface area contributed by atoms with E-state index in [4.69, 9.17) is 4.52 Å². The smallest absolute Gasteiger partial charge is 0.288 e. The van der Waals surface area contributed by atoms with Gasteiger partial charge in [0, 0.05) is 11.9 Å². The summed E-state index contributed by atoms with van der Waals surface area (Å²) in [6.07, 6.45) is 4.41.